The molecule has 5 nitrogen and oxygen atoms in total. The molecule has 0 fully saturated rings. The highest BCUT2D eigenvalue weighted by atomic mass is 79.9. The second-order valence-corrected chi connectivity index (χ2v) is 5.13. The summed E-state index contributed by atoms with van der Waals surface area (Å²) in [4.78, 5) is 20.1. The smallest absolute Gasteiger partial charge is 0.259 e. The number of rotatable bonds is 3. The number of halogens is 2. The lowest BCUT2D eigenvalue weighted by Crippen LogP contribution is -2.15. The third-order valence-electron chi connectivity index (χ3n) is 2.54. The van der Waals surface area contributed by atoms with Gasteiger partial charge in [-0.2, -0.15) is 4.98 Å². The molecule has 1 N–H and O–H groups in total. The Bertz CT molecular complexity index is 664. The van der Waals surface area contributed by atoms with Crippen LogP contribution in [0.1, 0.15) is 15.9 Å². The fourth-order valence-corrected chi connectivity index (χ4v) is 2.17. The van der Waals surface area contributed by atoms with Crippen molar-refractivity contribution in [1.29, 1.82) is 0 Å². The SMILES string of the molecule is COc1cc(Cl)nc(NC(=O)c2cccc(C)c2Br)n1. The molecule has 1 aromatic heterocycles. The third-order valence-corrected chi connectivity index (χ3v) is 3.79. The second kappa shape index (κ2) is 6.19. The second-order valence-electron chi connectivity index (χ2n) is 3.95. The Morgan fingerprint density at radius 2 is 2.15 bits per heavy atom. The molecule has 104 valence electrons. The van der Waals surface area contributed by atoms with Gasteiger partial charge in [-0.05, 0) is 34.5 Å². The number of nitrogens with one attached hydrogen (secondary N) is 1. The maximum Gasteiger partial charge on any atom is 0.259 e. The standard InChI is InChI=1S/C13H11BrClN3O2/c1-7-4-3-5-8(11(7)14)12(19)18-13-16-9(15)6-10(17-13)20-2/h3-6H,1-2H3,(H,16,17,18,19). The molecule has 0 saturated heterocycles. The van der Waals surface area contributed by atoms with Gasteiger partial charge >= 0.3 is 0 Å². The molecule has 0 aliphatic heterocycles. The fraction of sp³-hybridized carbons (Fsp3) is 0.154. The lowest BCUT2D eigenvalue weighted by atomic mass is 10.1. The first-order chi connectivity index (χ1) is 9.51. The lowest BCUT2D eigenvalue weighted by Gasteiger charge is -2.08. The van der Waals surface area contributed by atoms with Crippen molar-refractivity contribution in [3.63, 3.8) is 0 Å². The Morgan fingerprint density at radius 1 is 1.40 bits per heavy atom. The molecule has 2 rings (SSSR count). The zero-order valence-electron chi connectivity index (χ0n) is 10.8. The maximum absolute atomic E-state index is 12.2. The Hall–Kier alpha value is -1.66. The minimum absolute atomic E-state index is 0.0905. The number of hydrogen-bond acceptors (Lipinski definition) is 4. The molecule has 0 radical (unpaired) electrons. The van der Waals surface area contributed by atoms with Crippen molar-refractivity contribution in [2.75, 3.05) is 12.4 Å². The van der Waals surface area contributed by atoms with Crippen molar-refractivity contribution < 1.29 is 9.53 Å². The van der Waals surface area contributed by atoms with E-state index in [0.29, 0.717) is 5.56 Å². The molecule has 0 aliphatic rings. The summed E-state index contributed by atoms with van der Waals surface area (Å²) >= 11 is 9.21. The van der Waals surface area contributed by atoms with Crippen molar-refractivity contribution in [3.8, 4) is 5.88 Å². The summed E-state index contributed by atoms with van der Waals surface area (Å²) in [6.07, 6.45) is 0. The molecule has 1 amide bonds. The number of nitrogens with zero attached hydrogens (tertiary/aromatic N) is 2. The predicted molar refractivity (Wildman–Crippen MR) is 80.4 cm³/mol. The number of aromatic nitrogens is 2. The first-order valence-corrected chi connectivity index (χ1v) is 6.83. The minimum Gasteiger partial charge on any atom is -0.481 e. The normalized spacial score (nSPS) is 10.2. The lowest BCUT2D eigenvalue weighted by molar-refractivity contribution is 0.102. The summed E-state index contributed by atoms with van der Waals surface area (Å²) in [6.45, 7) is 1.90. The van der Waals surface area contributed by atoms with Gasteiger partial charge in [0.2, 0.25) is 11.8 Å². The average Bonchev–Trinajstić information content (AvgIpc) is 2.41. The molecule has 2 aromatic rings. The molecule has 0 saturated carbocycles. The largest absolute Gasteiger partial charge is 0.481 e. The number of benzene rings is 1. The van der Waals surface area contributed by atoms with Crippen LogP contribution in [0.15, 0.2) is 28.7 Å². The van der Waals surface area contributed by atoms with Crippen LogP contribution in [0.5, 0.6) is 5.88 Å². The molecule has 0 aliphatic carbocycles. The molecular formula is C13H11BrClN3O2. The van der Waals surface area contributed by atoms with E-state index >= 15 is 0 Å². The molecular weight excluding hydrogens is 346 g/mol. The van der Waals surface area contributed by atoms with Crippen LogP contribution in [-0.2, 0) is 0 Å². The van der Waals surface area contributed by atoms with Gasteiger partial charge in [-0.3, -0.25) is 10.1 Å². The molecule has 0 unspecified atom stereocenters. The van der Waals surface area contributed by atoms with Gasteiger partial charge in [0, 0.05) is 10.5 Å². The first kappa shape index (κ1) is 14.7. The fourth-order valence-electron chi connectivity index (χ4n) is 1.55. The zero-order valence-corrected chi connectivity index (χ0v) is 13.1. The molecule has 1 heterocycles. The highest BCUT2D eigenvalue weighted by Gasteiger charge is 2.13. The quantitative estimate of drug-likeness (QED) is 0.855. The molecule has 0 atom stereocenters. The minimum atomic E-state index is -0.329. The van der Waals surface area contributed by atoms with Crippen molar-refractivity contribution in [2.24, 2.45) is 0 Å². The Kier molecular flexibility index (Phi) is 4.57. The third kappa shape index (κ3) is 3.26. The van der Waals surface area contributed by atoms with Crippen LogP contribution >= 0.6 is 27.5 Å². The number of anilines is 1. The predicted octanol–water partition coefficient (Wildman–Crippen LogP) is 3.46. The van der Waals surface area contributed by atoms with Crippen LogP contribution in [0, 0.1) is 6.92 Å². The number of amides is 1. The van der Waals surface area contributed by atoms with E-state index in [2.05, 4.69) is 31.2 Å². The Balaban J connectivity index is 2.28. The van der Waals surface area contributed by atoms with E-state index in [1.165, 1.54) is 13.2 Å². The Morgan fingerprint density at radius 3 is 2.85 bits per heavy atom. The van der Waals surface area contributed by atoms with E-state index in [9.17, 15) is 4.79 Å². The average molecular weight is 357 g/mol. The molecule has 0 bridgehead atoms. The van der Waals surface area contributed by atoms with Crippen LogP contribution in [0.2, 0.25) is 5.15 Å². The van der Waals surface area contributed by atoms with E-state index in [-0.39, 0.29) is 22.9 Å². The summed E-state index contributed by atoms with van der Waals surface area (Å²) in [5.41, 5.74) is 1.45. The van der Waals surface area contributed by atoms with Crippen LogP contribution in [-0.4, -0.2) is 23.0 Å². The van der Waals surface area contributed by atoms with Crippen LogP contribution < -0.4 is 10.1 Å². The molecule has 1 aromatic carbocycles. The molecule has 7 heteroatoms. The maximum atomic E-state index is 12.2. The van der Waals surface area contributed by atoms with Gasteiger partial charge < -0.3 is 4.74 Å². The van der Waals surface area contributed by atoms with E-state index in [0.717, 1.165) is 10.0 Å². The topological polar surface area (TPSA) is 64.1 Å². The van der Waals surface area contributed by atoms with Crippen LogP contribution in [0.25, 0.3) is 0 Å². The number of carbonyl (C=O) groups is 1. The van der Waals surface area contributed by atoms with Crippen LogP contribution in [0.3, 0.4) is 0 Å². The van der Waals surface area contributed by atoms with Crippen molar-refractivity contribution in [3.05, 3.63) is 45.0 Å². The molecule has 20 heavy (non-hydrogen) atoms. The van der Waals surface area contributed by atoms with Gasteiger partial charge in [-0.25, -0.2) is 4.98 Å². The van der Waals surface area contributed by atoms with Gasteiger partial charge in [0.25, 0.3) is 5.91 Å². The summed E-state index contributed by atoms with van der Waals surface area (Å²) in [7, 11) is 1.46. The summed E-state index contributed by atoms with van der Waals surface area (Å²) in [5.74, 6) is 0.0428. The van der Waals surface area contributed by atoms with Gasteiger partial charge in [-0.1, -0.05) is 23.7 Å². The van der Waals surface area contributed by atoms with Crippen molar-refractivity contribution in [2.45, 2.75) is 6.92 Å². The highest BCUT2D eigenvalue weighted by molar-refractivity contribution is 9.10. The van der Waals surface area contributed by atoms with E-state index in [4.69, 9.17) is 16.3 Å². The van der Waals surface area contributed by atoms with Gasteiger partial charge in [-0.15, -0.1) is 0 Å². The van der Waals surface area contributed by atoms with Crippen molar-refractivity contribution >= 4 is 39.4 Å². The summed E-state index contributed by atoms with van der Waals surface area (Å²) in [5, 5.41) is 2.78. The van der Waals surface area contributed by atoms with Gasteiger partial charge in [0.15, 0.2) is 0 Å². The van der Waals surface area contributed by atoms with E-state index < -0.39 is 0 Å². The number of hydrogen-bond donors (Lipinski definition) is 1. The number of aryl methyl sites for hydroxylation is 1. The summed E-state index contributed by atoms with van der Waals surface area (Å²) < 4.78 is 5.70. The zero-order chi connectivity index (χ0) is 14.7. The van der Waals surface area contributed by atoms with Crippen LogP contribution in [0.4, 0.5) is 5.95 Å². The van der Waals surface area contributed by atoms with E-state index in [1.807, 2.05) is 13.0 Å². The monoisotopic (exact) mass is 355 g/mol. The van der Waals surface area contributed by atoms with Gasteiger partial charge in [0.05, 0.1) is 12.7 Å². The van der Waals surface area contributed by atoms with Gasteiger partial charge in [0.1, 0.15) is 5.15 Å². The number of carbonyl (C=O) groups excluding carboxylic acids is 1. The van der Waals surface area contributed by atoms with Crippen molar-refractivity contribution in [1.82, 2.24) is 9.97 Å². The highest BCUT2D eigenvalue weighted by Crippen LogP contribution is 2.22. The number of ether oxygens (including phenoxy) is 1. The summed E-state index contributed by atoms with van der Waals surface area (Å²) in [6, 6.07) is 6.86. The Labute approximate surface area is 129 Å². The molecule has 0 spiro atoms. The number of methoxy groups -OCH3 is 1. The van der Waals surface area contributed by atoms with E-state index in [1.54, 1.807) is 12.1 Å². The first-order valence-electron chi connectivity index (χ1n) is 5.66.